The second-order valence-electron chi connectivity index (χ2n) is 7.92. The second-order valence-corrected chi connectivity index (χ2v) is 7.92. The van der Waals surface area contributed by atoms with Gasteiger partial charge in [0, 0.05) is 22.7 Å². The van der Waals surface area contributed by atoms with Crippen LogP contribution in [0.5, 0.6) is 11.5 Å². The Morgan fingerprint density at radius 1 is 1.12 bits per heavy atom. The second kappa shape index (κ2) is 9.74. The molecule has 0 aliphatic carbocycles. The highest BCUT2D eigenvalue weighted by Gasteiger charge is 2.32. The van der Waals surface area contributed by atoms with Crippen molar-refractivity contribution in [3.8, 4) is 11.5 Å². The lowest BCUT2D eigenvalue weighted by Gasteiger charge is -2.14. The number of nitrogens with zero attached hydrogens (tertiary/aromatic N) is 1. The molecule has 3 aromatic rings. The Labute approximate surface area is 192 Å². The summed E-state index contributed by atoms with van der Waals surface area (Å²) in [6.07, 6.45) is -2.34. The van der Waals surface area contributed by atoms with E-state index < -0.39 is 41.5 Å². The highest BCUT2D eigenvalue weighted by Crippen LogP contribution is 2.38. The number of aliphatic carboxylic acids is 1. The van der Waals surface area contributed by atoms with E-state index in [0.717, 1.165) is 53.8 Å². The number of phenols is 1. The summed E-state index contributed by atoms with van der Waals surface area (Å²) in [5.41, 5.74) is 0.543. The number of rotatable bonds is 8. The van der Waals surface area contributed by atoms with E-state index in [1.54, 1.807) is 0 Å². The van der Waals surface area contributed by atoms with Crippen LogP contribution < -0.4 is 4.74 Å². The van der Waals surface area contributed by atoms with Crippen molar-refractivity contribution in [2.24, 2.45) is 0 Å². The first kappa shape index (κ1) is 25.1. The summed E-state index contributed by atoms with van der Waals surface area (Å²) in [7, 11) is 0. The predicted octanol–water partition coefficient (Wildman–Crippen LogP) is 6.13. The zero-order valence-corrected chi connectivity index (χ0v) is 18.4. The number of fused-ring (bicyclic) bond motifs is 1. The molecule has 2 N–H and O–H groups in total. The van der Waals surface area contributed by atoms with Crippen LogP contribution in [-0.4, -0.2) is 33.0 Å². The number of alkyl halides is 3. The van der Waals surface area contributed by atoms with Crippen molar-refractivity contribution in [1.82, 2.24) is 4.57 Å². The van der Waals surface area contributed by atoms with Gasteiger partial charge in [0.25, 0.3) is 5.91 Å². The molecule has 0 amide bonds. The molecular weight excluding hydrogens is 458 g/mol. The summed E-state index contributed by atoms with van der Waals surface area (Å²) in [5, 5.41) is 20.0. The molecular formula is C24H23F4NO5. The van der Waals surface area contributed by atoms with Crippen LogP contribution in [0, 0.1) is 12.7 Å². The Hall–Kier alpha value is -3.56. The molecule has 0 spiro atoms. The van der Waals surface area contributed by atoms with Crippen molar-refractivity contribution >= 4 is 22.8 Å². The molecule has 1 unspecified atom stereocenters. The molecule has 182 valence electrons. The Kier molecular flexibility index (Phi) is 7.18. The SMILES string of the molecule is CCCCCC(C(=O)O)c1c(C)n(C(=O)c2ccc(OC(F)(F)F)cc2)c2cc(F)c(O)cc12. The van der Waals surface area contributed by atoms with Gasteiger partial charge in [-0.2, -0.15) is 0 Å². The first-order valence-corrected chi connectivity index (χ1v) is 10.6. The van der Waals surface area contributed by atoms with Crippen molar-refractivity contribution in [2.75, 3.05) is 0 Å². The van der Waals surface area contributed by atoms with Crippen LogP contribution in [0.15, 0.2) is 36.4 Å². The third-order valence-corrected chi connectivity index (χ3v) is 5.60. The van der Waals surface area contributed by atoms with Crippen LogP contribution in [-0.2, 0) is 4.79 Å². The number of phenolic OH excluding ortho intramolecular Hbond substituents is 1. The minimum Gasteiger partial charge on any atom is -0.505 e. The first-order valence-electron chi connectivity index (χ1n) is 10.6. The van der Waals surface area contributed by atoms with Crippen molar-refractivity contribution in [2.45, 2.75) is 51.8 Å². The highest BCUT2D eigenvalue weighted by molar-refractivity contribution is 6.05. The van der Waals surface area contributed by atoms with Gasteiger partial charge in [0.2, 0.25) is 0 Å². The molecule has 34 heavy (non-hydrogen) atoms. The van der Waals surface area contributed by atoms with Gasteiger partial charge in [0.1, 0.15) is 5.75 Å². The summed E-state index contributed by atoms with van der Waals surface area (Å²) in [6, 6.07) is 6.22. The number of halogens is 4. The summed E-state index contributed by atoms with van der Waals surface area (Å²) in [6.45, 7) is 3.48. The van der Waals surface area contributed by atoms with E-state index in [4.69, 9.17) is 0 Å². The van der Waals surface area contributed by atoms with Crippen LogP contribution in [0.25, 0.3) is 10.9 Å². The number of carboxylic acids is 1. The number of ether oxygens (including phenoxy) is 1. The molecule has 1 atom stereocenters. The van der Waals surface area contributed by atoms with E-state index in [-0.39, 0.29) is 34.1 Å². The Balaban J connectivity index is 2.14. The third kappa shape index (κ3) is 5.16. The number of carbonyl (C=O) groups is 2. The van der Waals surface area contributed by atoms with E-state index in [0.29, 0.717) is 6.42 Å². The van der Waals surface area contributed by atoms with E-state index in [9.17, 15) is 37.4 Å². The summed E-state index contributed by atoms with van der Waals surface area (Å²) in [4.78, 5) is 25.4. The number of unbranched alkanes of at least 4 members (excludes halogenated alkanes) is 2. The first-order chi connectivity index (χ1) is 15.9. The lowest BCUT2D eigenvalue weighted by Crippen LogP contribution is -2.18. The molecule has 0 radical (unpaired) electrons. The van der Waals surface area contributed by atoms with Crippen molar-refractivity contribution in [3.63, 3.8) is 0 Å². The van der Waals surface area contributed by atoms with Crippen LogP contribution in [0.4, 0.5) is 17.6 Å². The van der Waals surface area contributed by atoms with Gasteiger partial charge in [-0.25, -0.2) is 4.39 Å². The van der Waals surface area contributed by atoms with Crippen LogP contribution >= 0.6 is 0 Å². The van der Waals surface area contributed by atoms with Crippen molar-refractivity contribution < 1.29 is 42.1 Å². The van der Waals surface area contributed by atoms with Gasteiger partial charge in [0.05, 0.1) is 11.4 Å². The summed E-state index contributed by atoms with van der Waals surface area (Å²) >= 11 is 0. The maximum Gasteiger partial charge on any atom is 0.573 e. The molecule has 1 heterocycles. The van der Waals surface area contributed by atoms with Gasteiger partial charge in [-0.15, -0.1) is 13.2 Å². The van der Waals surface area contributed by atoms with Gasteiger partial charge in [-0.3, -0.25) is 14.2 Å². The molecule has 0 saturated heterocycles. The van der Waals surface area contributed by atoms with Gasteiger partial charge in [0.15, 0.2) is 11.6 Å². The number of hydrogen-bond acceptors (Lipinski definition) is 4. The highest BCUT2D eigenvalue weighted by atomic mass is 19.4. The lowest BCUT2D eigenvalue weighted by molar-refractivity contribution is -0.274. The predicted molar refractivity (Wildman–Crippen MR) is 116 cm³/mol. The van der Waals surface area contributed by atoms with Gasteiger partial charge >= 0.3 is 12.3 Å². The number of hydrogen-bond donors (Lipinski definition) is 2. The minimum absolute atomic E-state index is 0.0209. The number of aromatic hydroxyl groups is 1. The molecule has 1 aromatic heterocycles. The molecule has 0 saturated carbocycles. The molecule has 2 aromatic carbocycles. The fraction of sp³-hybridized carbons (Fsp3) is 0.333. The number of aromatic nitrogens is 1. The van der Waals surface area contributed by atoms with E-state index in [1.165, 1.54) is 6.92 Å². The van der Waals surface area contributed by atoms with E-state index in [1.807, 2.05) is 6.92 Å². The van der Waals surface area contributed by atoms with E-state index >= 15 is 0 Å². The fourth-order valence-corrected chi connectivity index (χ4v) is 4.07. The molecule has 3 rings (SSSR count). The Morgan fingerprint density at radius 2 is 1.76 bits per heavy atom. The molecule has 0 aliphatic rings. The number of carboxylic acid groups (broad SMARTS) is 1. The summed E-state index contributed by atoms with van der Waals surface area (Å²) in [5.74, 6) is -5.03. The minimum atomic E-state index is -4.89. The van der Waals surface area contributed by atoms with Crippen LogP contribution in [0.2, 0.25) is 0 Å². The van der Waals surface area contributed by atoms with Gasteiger partial charge in [-0.1, -0.05) is 26.2 Å². The van der Waals surface area contributed by atoms with Crippen molar-refractivity contribution in [3.05, 3.63) is 59.0 Å². The van der Waals surface area contributed by atoms with Crippen LogP contribution in [0.3, 0.4) is 0 Å². The standard InChI is InChI=1S/C24H23F4NO5/c1-3-4-5-6-16(23(32)33)21-13(2)29(19-12-18(25)20(30)11-17(19)21)22(31)14-7-9-15(10-8-14)34-24(26,27)28/h7-12,16,30H,3-6H2,1-2H3,(H,32,33). The average molecular weight is 481 g/mol. The third-order valence-electron chi connectivity index (χ3n) is 5.60. The average Bonchev–Trinajstić information content (AvgIpc) is 3.01. The molecule has 10 heteroatoms. The zero-order chi connectivity index (χ0) is 25.2. The molecule has 6 nitrogen and oxygen atoms in total. The molecule has 0 bridgehead atoms. The number of benzene rings is 2. The monoisotopic (exact) mass is 481 g/mol. The zero-order valence-electron chi connectivity index (χ0n) is 18.4. The van der Waals surface area contributed by atoms with Gasteiger partial charge < -0.3 is 14.9 Å². The smallest absolute Gasteiger partial charge is 0.505 e. The summed E-state index contributed by atoms with van der Waals surface area (Å²) < 4.78 is 56.4. The fourth-order valence-electron chi connectivity index (χ4n) is 4.07. The Bertz CT molecular complexity index is 1220. The lowest BCUT2D eigenvalue weighted by atomic mass is 9.91. The normalized spacial score (nSPS) is 12.6. The maximum atomic E-state index is 14.2. The Morgan fingerprint density at radius 3 is 2.32 bits per heavy atom. The van der Waals surface area contributed by atoms with Gasteiger partial charge in [-0.05, 0) is 49.2 Å². The van der Waals surface area contributed by atoms with Crippen LogP contribution in [0.1, 0.15) is 60.1 Å². The topological polar surface area (TPSA) is 88.8 Å². The maximum absolute atomic E-state index is 14.2. The molecule has 0 aliphatic heterocycles. The largest absolute Gasteiger partial charge is 0.573 e. The quantitative estimate of drug-likeness (QED) is 0.299. The number of carbonyl (C=O) groups excluding carboxylic acids is 1. The van der Waals surface area contributed by atoms with Crippen molar-refractivity contribution in [1.29, 1.82) is 0 Å². The van der Waals surface area contributed by atoms with E-state index in [2.05, 4.69) is 4.74 Å². The molecule has 0 fully saturated rings.